The van der Waals surface area contributed by atoms with E-state index in [2.05, 4.69) is 5.10 Å². The van der Waals surface area contributed by atoms with Crippen LogP contribution in [0.4, 0.5) is 14.5 Å². The molecule has 0 aliphatic heterocycles. The Labute approximate surface area is 109 Å². The van der Waals surface area contributed by atoms with Gasteiger partial charge in [0.15, 0.2) is 0 Å². The molecule has 19 heavy (non-hydrogen) atoms. The molecule has 100 valence electrons. The van der Waals surface area contributed by atoms with E-state index in [0.717, 1.165) is 0 Å². The van der Waals surface area contributed by atoms with Crippen LogP contribution in [0, 0.1) is 0 Å². The molecule has 1 heterocycles. The van der Waals surface area contributed by atoms with Gasteiger partial charge >= 0.3 is 0 Å². The minimum atomic E-state index is -2.59. The quantitative estimate of drug-likeness (QED) is 0.855. The van der Waals surface area contributed by atoms with Crippen molar-refractivity contribution in [2.24, 2.45) is 7.05 Å². The number of halogens is 2. The zero-order valence-electron chi connectivity index (χ0n) is 10.5. The van der Waals surface area contributed by atoms with Gasteiger partial charge in [-0.15, -0.1) is 0 Å². The third-order valence-corrected chi connectivity index (χ3v) is 2.77. The van der Waals surface area contributed by atoms with Crippen molar-refractivity contribution in [3.05, 3.63) is 47.8 Å². The van der Waals surface area contributed by atoms with Gasteiger partial charge in [0.1, 0.15) is 0 Å². The molecule has 6 heteroatoms. The van der Waals surface area contributed by atoms with Crippen molar-refractivity contribution in [3.63, 3.8) is 0 Å². The van der Waals surface area contributed by atoms with E-state index >= 15 is 0 Å². The number of alkyl halides is 2. The van der Waals surface area contributed by atoms with Gasteiger partial charge in [-0.25, -0.2) is 8.78 Å². The predicted octanol–water partition coefficient (Wildman–Crippen LogP) is 2.63. The lowest BCUT2D eigenvalue weighted by atomic mass is 10.1. The molecule has 0 saturated heterocycles. The molecule has 1 amide bonds. The van der Waals surface area contributed by atoms with Gasteiger partial charge in [0, 0.05) is 31.4 Å². The maximum absolute atomic E-state index is 12.6. The molecule has 0 aliphatic carbocycles. The van der Waals surface area contributed by atoms with E-state index < -0.39 is 6.43 Å². The number of hydrogen-bond donors (Lipinski definition) is 0. The summed E-state index contributed by atoms with van der Waals surface area (Å²) in [6.45, 7) is 0. The molecule has 1 aromatic carbocycles. The van der Waals surface area contributed by atoms with Crippen molar-refractivity contribution in [2.45, 2.75) is 6.43 Å². The average molecular weight is 265 g/mol. The van der Waals surface area contributed by atoms with Crippen LogP contribution < -0.4 is 4.90 Å². The minimum Gasteiger partial charge on any atom is -0.309 e. The zero-order chi connectivity index (χ0) is 14.0. The largest absolute Gasteiger partial charge is 0.309 e. The van der Waals surface area contributed by atoms with Crippen LogP contribution in [0.1, 0.15) is 22.3 Å². The second-order valence-electron chi connectivity index (χ2n) is 4.16. The first-order valence-corrected chi connectivity index (χ1v) is 5.64. The molecule has 0 bridgehead atoms. The van der Waals surface area contributed by atoms with Gasteiger partial charge in [-0.1, -0.05) is 12.1 Å². The van der Waals surface area contributed by atoms with Crippen LogP contribution in [0.3, 0.4) is 0 Å². The van der Waals surface area contributed by atoms with E-state index in [4.69, 9.17) is 0 Å². The van der Waals surface area contributed by atoms with Crippen molar-refractivity contribution < 1.29 is 13.6 Å². The van der Waals surface area contributed by atoms with E-state index in [1.807, 2.05) is 0 Å². The molecular weight excluding hydrogens is 252 g/mol. The summed E-state index contributed by atoms with van der Waals surface area (Å²) in [5.74, 6) is -0.351. The van der Waals surface area contributed by atoms with Crippen molar-refractivity contribution in [1.29, 1.82) is 0 Å². The lowest BCUT2D eigenvalue weighted by Gasteiger charge is -2.15. The number of carbonyl (C=O) groups is 1. The second-order valence-corrected chi connectivity index (χ2v) is 4.16. The van der Waals surface area contributed by atoms with Crippen LogP contribution in [0.25, 0.3) is 0 Å². The van der Waals surface area contributed by atoms with Crippen LogP contribution in [0.2, 0.25) is 0 Å². The molecule has 0 radical (unpaired) electrons. The number of hydrogen-bond acceptors (Lipinski definition) is 2. The highest BCUT2D eigenvalue weighted by atomic mass is 19.3. The van der Waals surface area contributed by atoms with Gasteiger partial charge in [0.25, 0.3) is 12.3 Å². The number of carbonyl (C=O) groups excluding carboxylic acids is 1. The fraction of sp³-hybridized carbons (Fsp3) is 0.231. The molecular formula is C13H13F2N3O. The van der Waals surface area contributed by atoms with Crippen LogP contribution in [0.15, 0.2) is 36.7 Å². The lowest BCUT2D eigenvalue weighted by molar-refractivity contribution is 0.0992. The minimum absolute atomic E-state index is 0.162. The molecule has 0 fully saturated rings. The number of nitrogens with zero attached hydrogens (tertiary/aromatic N) is 3. The third kappa shape index (κ3) is 2.78. The molecule has 0 spiro atoms. The molecule has 2 rings (SSSR count). The van der Waals surface area contributed by atoms with E-state index in [-0.39, 0.29) is 17.0 Å². The van der Waals surface area contributed by atoms with Crippen LogP contribution in [-0.2, 0) is 7.05 Å². The van der Waals surface area contributed by atoms with Crippen molar-refractivity contribution in [2.75, 3.05) is 11.9 Å². The Morgan fingerprint density at radius 2 is 2.16 bits per heavy atom. The summed E-state index contributed by atoms with van der Waals surface area (Å²) in [4.78, 5) is 13.5. The summed E-state index contributed by atoms with van der Waals surface area (Å²) in [6, 6.07) is 5.47. The third-order valence-electron chi connectivity index (χ3n) is 2.77. The topological polar surface area (TPSA) is 38.1 Å². The zero-order valence-corrected chi connectivity index (χ0v) is 10.5. The molecule has 4 nitrogen and oxygen atoms in total. The van der Waals surface area contributed by atoms with Gasteiger partial charge < -0.3 is 4.90 Å². The van der Waals surface area contributed by atoms with E-state index in [1.165, 1.54) is 35.4 Å². The Hall–Kier alpha value is -2.24. The smallest absolute Gasteiger partial charge is 0.263 e. The number of anilines is 1. The Kier molecular flexibility index (Phi) is 3.59. The van der Waals surface area contributed by atoms with Crippen molar-refractivity contribution in [1.82, 2.24) is 9.78 Å². The van der Waals surface area contributed by atoms with Gasteiger partial charge in [0.2, 0.25) is 0 Å². The highest BCUT2D eigenvalue weighted by Crippen LogP contribution is 2.21. The Balaban J connectivity index is 2.26. The number of benzene rings is 1. The van der Waals surface area contributed by atoms with E-state index in [1.54, 1.807) is 25.0 Å². The fourth-order valence-corrected chi connectivity index (χ4v) is 1.70. The maximum atomic E-state index is 12.6. The molecule has 0 unspecified atom stereocenters. The highest BCUT2D eigenvalue weighted by molar-refractivity contribution is 6.05. The number of aryl methyl sites for hydroxylation is 1. The van der Waals surface area contributed by atoms with E-state index in [9.17, 15) is 13.6 Å². The summed E-state index contributed by atoms with van der Waals surface area (Å²) in [6.07, 6.45) is 0.625. The van der Waals surface area contributed by atoms with Crippen molar-refractivity contribution in [3.8, 4) is 0 Å². The molecule has 0 N–H and O–H groups in total. The first kappa shape index (κ1) is 13.2. The standard InChI is InChI=1S/C13H13F2N3O/c1-17-8-11(7-16-17)18(2)13(19)10-5-3-4-9(6-10)12(14)15/h3-8,12H,1-2H3. The number of aromatic nitrogens is 2. The van der Waals surface area contributed by atoms with Crippen LogP contribution in [0.5, 0.6) is 0 Å². The maximum Gasteiger partial charge on any atom is 0.263 e. The first-order chi connectivity index (χ1) is 8.99. The van der Waals surface area contributed by atoms with Crippen LogP contribution in [-0.4, -0.2) is 22.7 Å². The van der Waals surface area contributed by atoms with Gasteiger partial charge in [-0.05, 0) is 12.1 Å². The van der Waals surface area contributed by atoms with E-state index in [0.29, 0.717) is 5.69 Å². The summed E-state index contributed by atoms with van der Waals surface area (Å²) >= 11 is 0. The molecule has 0 atom stereocenters. The van der Waals surface area contributed by atoms with Crippen molar-refractivity contribution >= 4 is 11.6 Å². The average Bonchev–Trinajstić information content (AvgIpc) is 2.84. The summed E-state index contributed by atoms with van der Waals surface area (Å²) in [5, 5.41) is 3.96. The molecule has 1 aromatic heterocycles. The summed E-state index contributed by atoms with van der Waals surface area (Å²) in [5.41, 5.74) is 0.671. The Morgan fingerprint density at radius 3 is 2.74 bits per heavy atom. The summed E-state index contributed by atoms with van der Waals surface area (Å²) < 4.78 is 26.8. The SMILES string of the molecule is CN(C(=O)c1cccc(C(F)F)c1)c1cnn(C)c1. The Morgan fingerprint density at radius 1 is 1.42 bits per heavy atom. The molecule has 0 aliphatic rings. The molecule has 0 saturated carbocycles. The Bertz CT molecular complexity index is 595. The summed E-state index contributed by atoms with van der Waals surface area (Å²) in [7, 11) is 3.31. The first-order valence-electron chi connectivity index (χ1n) is 5.64. The van der Waals surface area contributed by atoms with Gasteiger partial charge in [-0.3, -0.25) is 9.48 Å². The number of amides is 1. The normalized spacial score (nSPS) is 10.8. The van der Waals surface area contributed by atoms with Gasteiger partial charge in [-0.2, -0.15) is 5.10 Å². The van der Waals surface area contributed by atoms with Gasteiger partial charge in [0.05, 0.1) is 11.9 Å². The number of rotatable bonds is 3. The lowest BCUT2D eigenvalue weighted by Crippen LogP contribution is -2.25. The molecule has 2 aromatic rings. The van der Waals surface area contributed by atoms with Crippen LogP contribution >= 0.6 is 0 Å². The highest BCUT2D eigenvalue weighted by Gasteiger charge is 2.16. The fourth-order valence-electron chi connectivity index (χ4n) is 1.70. The second kappa shape index (κ2) is 5.17. The monoisotopic (exact) mass is 265 g/mol. The predicted molar refractivity (Wildman–Crippen MR) is 67.3 cm³/mol.